The lowest BCUT2D eigenvalue weighted by Gasteiger charge is -2.15. The van der Waals surface area contributed by atoms with Crippen molar-refractivity contribution in [3.05, 3.63) is 71.0 Å². The number of hydrogen-bond donors (Lipinski definition) is 3. The third-order valence-electron chi connectivity index (χ3n) is 4.39. The van der Waals surface area contributed by atoms with Crippen molar-refractivity contribution in [2.24, 2.45) is 0 Å². The third kappa shape index (κ3) is 6.07. The van der Waals surface area contributed by atoms with Gasteiger partial charge in [-0.25, -0.2) is 4.79 Å². The van der Waals surface area contributed by atoms with E-state index in [9.17, 15) is 22.8 Å². The molecule has 0 spiro atoms. The van der Waals surface area contributed by atoms with E-state index in [0.717, 1.165) is 18.2 Å². The first kappa shape index (κ1) is 24.6. The Bertz CT molecular complexity index is 1220. The molecular formula is C22H18ClF3N4O4. The molecule has 0 radical (unpaired) electrons. The zero-order valence-corrected chi connectivity index (χ0v) is 18.5. The van der Waals surface area contributed by atoms with Gasteiger partial charge in [0.05, 0.1) is 29.1 Å². The number of halogens is 4. The van der Waals surface area contributed by atoms with E-state index in [-0.39, 0.29) is 33.7 Å². The smallest absolute Gasteiger partial charge is 0.416 e. The second-order valence-corrected chi connectivity index (χ2v) is 7.10. The molecule has 0 fully saturated rings. The second kappa shape index (κ2) is 10.3. The number of alkyl halides is 3. The van der Waals surface area contributed by atoms with Crippen molar-refractivity contribution < 1.29 is 32.2 Å². The molecule has 1 aromatic heterocycles. The number of amides is 3. The summed E-state index contributed by atoms with van der Waals surface area (Å²) in [7, 11) is 2.74. The molecule has 12 heteroatoms. The number of carbonyl (C=O) groups excluding carboxylic acids is 2. The SMILES string of the molecule is CNC(=O)c1cc(Oc2ccc(NC(=O)Nc3cc(C(F)(F)F)ccc3OC)c(Cl)c2)ccn1. The van der Waals surface area contributed by atoms with Crippen LogP contribution in [0.15, 0.2) is 54.7 Å². The Morgan fingerprint density at radius 1 is 0.971 bits per heavy atom. The summed E-state index contributed by atoms with van der Waals surface area (Å²) in [6.45, 7) is 0. The van der Waals surface area contributed by atoms with E-state index < -0.39 is 17.8 Å². The van der Waals surface area contributed by atoms with Gasteiger partial charge in [-0.05, 0) is 36.4 Å². The van der Waals surface area contributed by atoms with Crippen LogP contribution < -0.4 is 25.4 Å². The predicted octanol–water partition coefficient (Wildman–Crippen LogP) is 5.56. The maximum Gasteiger partial charge on any atom is 0.416 e. The first-order valence-electron chi connectivity index (χ1n) is 9.59. The lowest BCUT2D eigenvalue weighted by atomic mass is 10.2. The lowest BCUT2D eigenvalue weighted by Crippen LogP contribution is -2.20. The minimum absolute atomic E-state index is 0.0477. The number of aromatic nitrogens is 1. The van der Waals surface area contributed by atoms with Gasteiger partial charge in [-0.15, -0.1) is 0 Å². The quantitative estimate of drug-likeness (QED) is 0.416. The van der Waals surface area contributed by atoms with Crippen molar-refractivity contribution in [3.8, 4) is 17.2 Å². The van der Waals surface area contributed by atoms with Gasteiger partial charge in [-0.2, -0.15) is 13.2 Å². The molecule has 0 unspecified atom stereocenters. The van der Waals surface area contributed by atoms with Crippen molar-refractivity contribution in [2.45, 2.75) is 6.18 Å². The summed E-state index contributed by atoms with van der Waals surface area (Å²) in [5.74, 6) is 0.308. The number of anilines is 2. The van der Waals surface area contributed by atoms with Crippen LogP contribution in [0.1, 0.15) is 16.1 Å². The summed E-state index contributed by atoms with van der Waals surface area (Å²) >= 11 is 6.22. The van der Waals surface area contributed by atoms with Crippen molar-refractivity contribution in [3.63, 3.8) is 0 Å². The number of urea groups is 1. The maximum absolute atomic E-state index is 13.0. The van der Waals surface area contributed by atoms with Gasteiger partial charge < -0.3 is 25.4 Å². The van der Waals surface area contributed by atoms with E-state index in [1.165, 1.54) is 44.6 Å². The number of pyridine rings is 1. The number of nitrogens with zero attached hydrogens (tertiary/aromatic N) is 1. The lowest BCUT2D eigenvalue weighted by molar-refractivity contribution is -0.137. The van der Waals surface area contributed by atoms with Gasteiger partial charge in [0.1, 0.15) is 22.9 Å². The summed E-state index contributed by atoms with van der Waals surface area (Å²) in [6.07, 6.45) is -3.18. The van der Waals surface area contributed by atoms with Crippen LogP contribution in [0.25, 0.3) is 0 Å². The first-order chi connectivity index (χ1) is 16.1. The highest BCUT2D eigenvalue weighted by Gasteiger charge is 2.31. The van der Waals surface area contributed by atoms with Crippen molar-refractivity contribution >= 4 is 34.9 Å². The Labute approximate surface area is 197 Å². The molecule has 3 amide bonds. The monoisotopic (exact) mass is 494 g/mol. The summed E-state index contributed by atoms with van der Waals surface area (Å²) in [4.78, 5) is 28.0. The molecule has 0 bridgehead atoms. The summed E-state index contributed by atoms with van der Waals surface area (Å²) < 4.78 is 49.7. The molecule has 0 aliphatic rings. The molecule has 0 aliphatic carbocycles. The number of carbonyl (C=O) groups is 2. The van der Waals surface area contributed by atoms with Crippen molar-refractivity contribution in [2.75, 3.05) is 24.8 Å². The maximum atomic E-state index is 13.0. The second-order valence-electron chi connectivity index (χ2n) is 6.69. The average molecular weight is 495 g/mol. The van der Waals surface area contributed by atoms with E-state index in [4.69, 9.17) is 21.1 Å². The Balaban J connectivity index is 1.72. The highest BCUT2D eigenvalue weighted by atomic mass is 35.5. The molecule has 0 saturated carbocycles. The Hall–Kier alpha value is -3.99. The Kier molecular flexibility index (Phi) is 7.47. The van der Waals surface area contributed by atoms with E-state index in [1.807, 2.05) is 0 Å². The number of methoxy groups -OCH3 is 1. The molecule has 2 aromatic carbocycles. The van der Waals surface area contributed by atoms with Gasteiger partial charge >= 0.3 is 12.2 Å². The zero-order chi connectivity index (χ0) is 24.9. The number of nitrogens with one attached hydrogen (secondary N) is 3. The van der Waals surface area contributed by atoms with Crippen molar-refractivity contribution in [1.29, 1.82) is 0 Å². The highest BCUT2D eigenvalue weighted by Crippen LogP contribution is 2.35. The van der Waals surface area contributed by atoms with Crippen LogP contribution in [0, 0.1) is 0 Å². The summed E-state index contributed by atoms with van der Waals surface area (Å²) in [6, 6.07) is 9.23. The summed E-state index contributed by atoms with van der Waals surface area (Å²) in [5.41, 5.74) is -0.779. The topological polar surface area (TPSA) is 102 Å². The fourth-order valence-corrected chi connectivity index (χ4v) is 3.00. The normalized spacial score (nSPS) is 10.9. The molecular weight excluding hydrogens is 477 g/mol. The number of benzene rings is 2. The van der Waals surface area contributed by atoms with Crippen LogP contribution in [0.5, 0.6) is 17.2 Å². The van der Waals surface area contributed by atoms with Gasteiger partial charge in [-0.3, -0.25) is 9.78 Å². The molecule has 0 saturated heterocycles. The summed E-state index contributed by atoms with van der Waals surface area (Å²) in [5, 5.41) is 7.33. The third-order valence-corrected chi connectivity index (χ3v) is 4.70. The number of rotatable bonds is 6. The fourth-order valence-electron chi connectivity index (χ4n) is 2.78. The van der Waals surface area contributed by atoms with Gasteiger partial charge in [0.15, 0.2) is 0 Å². The fraction of sp³-hybridized carbons (Fsp3) is 0.136. The van der Waals surface area contributed by atoms with Crippen LogP contribution in [-0.4, -0.2) is 31.1 Å². The van der Waals surface area contributed by atoms with Crippen molar-refractivity contribution in [1.82, 2.24) is 10.3 Å². The van der Waals surface area contributed by atoms with Gasteiger partial charge in [0.2, 0.25) is 0 Å². The van der Waals surface area contributed by atoms with E-state index in [2.05, 4.69) is 20.9 Å². The van der Waals surface area contributed by atoms with E-state index in [1.54, 1.807) is 6.07 Å². The number of hydrogen-bond acceptors (Lipinski definition) is 5. The van der Waals surface area contributed by atoms with Gasteiger partial charge in [-0.1, -0.05) is 11.6 Å². The van der Waals surface area contributed by atoms with Gasteiger partial charge in [0, 0.05) is 25.4 Å². The van der Waals surface area contributed by atoms with Crippen LogP contribution >= 0.6 is 11.6 Å². The largest absolute Gasteiger partial charge is 0.495 e. The zero-order valence-electron chi connectivity index (χ0n) is 17.8. The predicted molar refractivity (Wildman–Crippen MR) is 120 cm³/mol. The molecule has 3 aromatic rings. The van der Waals surface area contributed by atoms with Gasteiger partial charge in [0.25, 0.3) is 5.91 Å². The molecule has 8 nitrogen and oxygen atoms in total. The van der Waals surface area contributed by atoms with Crippen LogP contribution in [-0.2, 0) is 6.18 Å². The van der Waals surface area contributed by atoms with Crippen LogP contribution in [0.2, 0.25) is 5.02 Å². The molecule has 178 valence electrons. The average Bonchev–Trinajstić information content (AvgIpc) is 2.80. The minimum Gasteiger partial charge on any atom is -0.495 e. The Morgan fingerprint density at radius 2 is 1.68 bits per heavy atom. The van der Waals surface area contributed by atoms with Crippen LogP contribution in [0.3, 0.4) is 0 Å². The van der Waals surface area contributed by atoms with Crippen LogP contribution in [0.4, 0.5) is 29.3 Å². The first-order valence-corrected chi connectivity index (χ1v) is 9.97. The molecule has 3 rings (SSSR count). The molecule has 1 heterocycles. The number of ether oxygens (including phenoxy) is 2. The highest BCUT2D eigenvalue weighted by molar-refractivity contribution is 6.34. The molecule has 0 aliphatic heterocycles. The molecule has 34 heavy (non-hydrogen) atoms. The molecule has 0 atom stereocenters. The Morgan fingerprint density at radius 3 is 2.32 bits per heavy atom. The molecule has 3 N–H and O–H groups in total. The van der Waals surface area contributed by atoms with E-state index in [0.29, 0.717) is 11.5 Å². The van der Waals surface area contributed by atoms with E-state index >= 15 is 0 Å². The minimum atomic E-state index is -4.59. The standard InChI is InChI=1S/C22H18ClF3N4O4/c1-27-20(31)18-11-14(7-8-28-18)34-13-4-5-16(15(23)10-13)29-21(32)30-17-9-12(22(24,25)26)3-6-19(17)33-2/h3-11H,1-2H3,(H,27,31)(H2,29,30,32).